The van der Waals surface area contributed by atoms with Crippen LogP contribution in [0.2, 0.25) is 0 Å². The fraction of sp³-hybridized carbons (Fsp3) is 0.828. The highest BCUT2D eigenvalue weighted by molar-refractivity contribution is 5.80. The van der Waals surface area contributed by atoms with Gasteiger partial charge < -0.3 is 50.5 Å². The second-order valence-electron chi connectivity index (χ2n) is 21.8. The Bertz CT molecular complexity index is 1400. The van der Waals surface area contributed by atoms with E-state index in [2.05, 4.69) is 79.9 Å². The van der Waals surface area contributed by atoms with Crippen molar-refractivity contribution in [2.75, 3.05) is 13.2 Å². The van der Waals surface area contributed by atoms with Crippen LogP contribution in [0.4, 0.5) is 0 Å². The Kier molecular flexibility index (Phi) is 49.6. The van der Waals surface area contributed by atoms with E-state index in [-0.39, 0.29) is 12.8 Å². The summed E-state index contributed by atoms with van der Waals surface area (Å²) in [6, 6.07) is -1.20. The van der Waals surface area contributed by atoms with Gasteiger partial charge in [0.05, 0.1) is 25.4 Å². The van der Waals surface area contributed by atoms with Gasteiger partial charge in [0.2, 0.25) is 5.91 Å². The van der Waals surface area contributed by atoms with E-state index in [0.29, 0.717) is 19.3 Å². The summed E-state index contributed by atoms with van der Waals surface area (Å²) in [7, 11) is 0. The van der Waals surface area contributed by atoms with E-state index in [9.17, 15) is 40.5 Å². The van der Waals surface area contributed by atoms with Crippen molar-refractivity contribution < 1.29 is 50.0 Å². The van der Waals surface area contributed by atoms with Crippen molar-refractivity contribution in [3.63, 3.8) is 0 Å². The molecule has 0 radical (unpaired) electrons. The number of ether oxygens (including phenoxy) is 2. The second-order valence-corrected chi connectivity index (χ2v) is 21.8. The highest BCUT2D eigenvalue weighted by Crippen LogP contribution is 2.23. The van der Waals surface area contributed by atoms with Gasteiger partial charge in [-0.25, -0.2) is 0 Å². The summed E-state index contributed by atoms with van der Waals surface area (Å²) in [5.74, 6) is -0.717. The molecular formula is C64H117NO10. The highest BCUT2D eigenvalue weighted by Gasteiger charge is 2.44. The predicted molar refractivity (Wildman–Crippen MR) is 311 cm³/mol. The molecule has 1 aliphatic heterocycles. The zero-order valence-corrected chi connectivity index (χ0v) is 48.0. The molecule has 9 atom stereocenters. The molecule has 8 N–H and O–H groups in total. The zero-order valence-electron chi connectivity index (χ0n) is 48.0. The topological polar surface area (TPSA) is 189 Å². The van der Waals surface area contributed by atoms with Crippen molar-refractivity contribution in [2.45, 2.75) is 326 Å². The third-order valence-electron chi connectivity index (χ3n) is 14.8. The number of allylic oxidation sites excluding steroid dienone is 10. The lowest BCUT2D eigenvalue weighted by Gasteiger charge is -2.40. The summed E-state index contributed by atoms with van der Waals surface area (Å²) in [6.45, 7) is 3.42. The first-order valence-electron chi connectivity index (χ1n) is 31.2. The van der Waals surface area contributed by atoms with Crippen LogP contribution in [-0.4, -0.2) is 110 Å². The first-order chi connectivity index (χ1) is 36.7. The molecule has 0 spiro atoms. The SMILES string of the molecule is CCCCC/C=C\C=C/CCCCCCCCCCCC(O)C(=O)NC(COC1OC(CO)C(O)C(O)C1O)C(O)C(O)CCC/C=C/CC/C=C/CC/C=C/CCCCCCCCCCCCCCCCCCC. The molecule has 0 saturated carbocycles. The number of nitrogens with one attached hydrogen (secondary N) is 1. The van der Waals surface area contributed by atoms with Gasteiger partial charge in [-0.1, -0.05) is 242 Å². The molecule has 9 unspecified atom stereocenters. The summed E-state index contributed by atoms with van der Waals surface area (Å²) in [5, 5.41) is 76.2. The number of rotatable bonds is 53. The van der Waals surface area contributed by atoms with Crippen molar-refractivity contribution >= 4 is 5.91 Å². The number of unbranched alkanes of at least 4 members (excludes halogenated alkanes) is 32. The van der Waals surface area contributed by atoms with Gasteiger partial charge in [-0.3, -0.25) is 4.79 Å². The summed E-state index contributed by atoms with van der Waals surface area (Å²) >= 11 is 0. The van der Waals surface area contributed by atoms with Crippen LogP contribution < -0.4 is 5.32 Å². The van der Waals surface area contributed by atoms with E-state index in [1.807, 2.05) is 0 Å². The zero-order chi connectivity index (χ0) is 54.7. The van der Waals surface area contributed by atoms with Gasteiger partial charge in [0.25, 0.3) is 0 Å². The van der Waals surface area contributed by atoms with Crippen LogP contribution in [0, 0.1) is 0 Å². The smallest absolute Gasteiger partial charge is 0.249 e. The number of aliphatic hydroxyl groups excluding tert-OH is 7. The van der Waals surface area contributed by atoms with Crippen LogP contribution in [0.25, 0.3) is 0 Å². The third kappa shape index (κ3) is 40.6. The maximum Gasteiger partial charge on any atom is 0.249 e. The molecule has 0 aliphatic carbocycles. The number of hydrogen-bond acceptors (Lipinski definition) is 10. The number of aliphatic hydroxyl groups is 7. The number of carbonyl (C=O) groups excluding carboxylic acids is 1. The van der Waals surface area contributed by atoms with Crippen molar-refractivity contribution in [2.24, 2.45) is 0 Å². The monoisotopic (exact) mass is 1060 g/mol. The molecule has 0 aromatic heterocycles. The van der Waals surface area contributed by atoms with Crippen LogP contribution in [0.15, 0.2) is 60.8 Å². The third-order valence-corrected chi connectivity index (χ3v) is 14.8. The van der Waals surface area contributed by atoms with Gasteiger partial charge >= 0.3 is 0 Å². The maximum atomic E-state index is 13.2. The van der Waals surface area contributed by atoms with Crippen LogP contribution in [0.3, 0.4) is 0 Å². The van der Waals surface area contributed by atoms with E-state index >= 15 is 0 Å². The molecule has 11 heteroatoms. The Balaban J connectivity index is 2.30. The number of hydrogen-bond donors (Lipinski definition) is 8. The number of amides is 1. The van der Waals surface area contributed by atoms with Crippen molar-refractivity contribution in [3.8, 4) is 0 Å². The molecule has 0 aromatic carbocycles. The largest absolute Gasteiger partial charge is 0.394 e. The highest BCUT2D eigenvalue weighted by atomic mass is 16.7. The van der Waals surface area contributed by atoms with Crippen LogP contribution >= 0.6 is 0 Å². The molecule has 0 aromatic rings. The summed E-state index contributed by atoms with van der Waals surface area (Å²) in [4.78, 5) is 13.2. The van der Waals surface area contributed by atoms with Gasteiger partial charge in [-0.2, -0.15) is 0 Å². The molecule has 1 fully saturated rings. The molecule has 1 rings (SSSR count). The first-order valence-corrected chi connectivity index (χ1v) is 31.2. The minimum Gasteiger partial charge on any atom is -0.394 e. The molecule has 1 amide bonds. The van der Waals surface area contributed by atoms with Gasteiger partial charge in [-0.05, 0) is 89.9 Å². The molecule has 11 nitrogen and oxygen atoms in total. The van der Waals surface area contributed by atoms with E-state index in [4.69, 9.17) is 9.47 Å². The van der Waals surface area contributed by atoms with Gasteiger partial charge in [-0.15, -0.1) is 0 Å². The van der Waals surface area contributed by atoms with Crippen molar-refractivity contribution in [1.29, 1.82) is 0 Å². The van der Waals surface area contributed by atoms with E-state index < -0.39 is 74.2 Å². The fourth-order valence-electron chi connectivity index (χ4n) is 9.70. The van der Waals surface area contributed by atoms with E-state index in [1.54, 1.807) is 0 Å². The average Bonchev–Trinajstić information content (AvgIpc) is 3.41. The summed E-state index contributed by atoms with van der Waals surface area (Å²) < 4.78 is 11.1. The van der Waals surface area contributed by atoms with Crippen LogP contribution in [-0.2, 0) is 14.3 Å². The second kappa shape index (κ2) is 52.5. The quantitative estimate of drug-likeness (QED) is 0.0165. The molecule has 438 valence electrons. The van der Waals surface area contributed by atoms with Gasteiger partial charge in [0.15, 0.2) is 6.29 Å². The lowest BCUT2D eigenvalue weighted by molar-refractivity contribution is -0.303. The van der Waals surface area contributed by atoms with E-state index in [0.717, 1.165) is 57.8 Å². The molecule has 75 heavy (non-hydrogen) atoms. The molecule has 1 aliphatic rings. The molecular weight excluding hydrogens is 943 g/mol. The van der Waals surface area contributed by atoms with E-state index in [1.165, 1.54) is 167 Å². The maximum absolute atomic E-state index is 13.2. The summed E-state index contributed by atoms with van der Waals surface area (Å²) in [6.07, 6.45) is 57.2. The normalized spacial score (nSPS) is 20.1. The Morgan fingerprint density at radius 2 is 0.840 bits per heavy atom. The van der Waals surface area contributed by atoms with Crippen LogP contribution in [0.1, 0.15) is 271 Å². The standard InChI is InChI=1S/C64H117NO10/c1-3-5-7-9-11-13-15-17-19-21-23-24-25-26-27-28-29-30-31-32-33-34-36-37-39-41-43-45-47-49-51-56(67)59(69)55(54-74-64-62(72)61(71)60(70)58(53-66)75-64)65-63(73)57(68)52-50-48-46-44-42-40-38-35-22-20-18-16-14-12-10-8-6-4-2/h12,14,16,18,31-32,36-37,43,45,55-62,64,66-72H,3-11,13,15,17,19-30,33-35,38-42,44,46-54H2,1-2H3,(H,65,73)/b14-12-,18-16-,32-31+,37-36+,45-43+. The Morgan fingerprint density at radius 1 is 0.467 bits per heavy atom. The minimum atomic E-state index is -1.68. The average molecular weight is 1060 g/mol. The van der Waals surface area contributed by atoms with Gasteiger partial charge in [0.1, 0.15) is 36.6 Å². The number of carbonyl (C=O) groups is 1. The Labute approximate surface area is 459 Å². The Hall–Kier alpha value is -2.19. The lowest BCUT2D eigenvalue weighted by atomic mass is 9.98. The minimum absolute atomic E-state index is 0.238. The lowest BCUT2D eigenvalue weighted by Crippen LogP contribution is -2.60. The fourth-order valence-corrected chi connectivity index (χ4v) is 9.70. The van der Waals surface area contributed by atoms with Gasteiger partial charge in [0, 0.05) is 0 Å². The molecule has 1 heterocycles. The molecule has 1 saturated heterocycles. The predicted octanol–water partition coefficient (Wildman–Crippen LogP) is 13.8. The Morgan fingerprint density at radius 3 is 1.29 bits per heavy atom. The van der Waals surface area contributed by atoms with Crippen LogP contribution in [0.5, 0.6) is 0 Å². The first kappa shape index (κ1) is 70.8. The molecule has 0 bridgehead atoms. The van der Waals surface area contributed by atoms with Crippen molar-refractivity contribution in [3.05, 3.63) is 60.8 Å². The summed E-state index contributed by atoms with van der Waals surface area (Å²) in [5.41, 5.74) is 0. The van der Waals surface area contributed by atoms with Crippen molar-refractivity contribution in [1.82, 2.24) is 5.32 Å².